The summed E-state index contributed by atoms with van der Waals surface area (Å²) in [6, 6.07) is 61.6. The van der Waals surface area contributed by atoms with Crippen molar-refractivity contribution in [3.8, 4) is 56.4 Å². The lowest BCUT2D eigenvalue weighted by Gasteiger charge is -2.15. The van der Waals surface area contributed by atoms with E-state index in [-0.39, 0.29) is 0 Å². The smallest absolute Gasteiger partial charge is 0.164 e. The van der Waals surface area contributed by atoms with Crippen LogP contribution in [-0.2, 0) is 0 Å². The first-order valence-corrected chi connectivity index (χ1v) is 16.2. The molecule has 0 saturated carbocycles. The van der Waals surface area contributed by atoms with E-state index < -0.39 is 0 Å². The molecule has 0 N–H and O–H groups in total. The highest BCUT2D eigenvalue weighted by atomic mass is 15.0. The van der Waals surface area contributed by atoms with Crippen LogP contribution in [0.5, 0.6) is 0 Å². The van der Waals surface area contributed by atoms with Gasteiger partial charge in [0.25, 0.3) is 0 Å². The number of aromatic nitrogens is 3. The van der Waals surface area contributed by atoms with Crippen LogP contribution in [0.2, 0.25) is 0 Å². The monoisotopic (exact) mass is 611 g/mol. The van der Waals surface area contributed by atoms with Gasteiger partial charge in [-0.05, 0) is 60.6 Å². The van der Waals surface area contributed by atoms with Crippen molar-refractivity contribution in [2.24, 2.45) is 0 Å². The number of rotatable bonds is 5. The Hall–Kier alpha value is -6.45. The van der Waals surface area contributed by atoms with Crippen LogP contribution in [0.15, 0.2) is 176 Å². The average Bonchev–Trinajstić information content (AvgIpc) is 3.17. The van der Waals surface area contributed by atoms with Crippen molar-refractivity contribution in [2.45, 2.75) is 0 Å². The van der Waals surface area contributed by atoms with E-state index in [0.717, 1.165) is 38.2 Å². The molecule has 0 bridgehead atoms. The minimum absolute atomic E-state index is 0.647. The van der Waals surface area contributed by atoms with Gasteiger partial charge in [-0.3, -0.25) is 0 Å². The van der Waals surface area contributed by atoms with Crippen LogP contribution in [0, 0.1) is 0 Å². The lowest BCUT2D eigenvalue weighted by atomic mass is 9.92. The van der Waals surface area contributed by atoms with Crippen LogP contribution in [0.1, 0.15) is 0 Å². The second kappa shape index (κ2) is 11.7. The third-order valence-corrected chi connectivity index (χ3v) is 9.16. The van der Waals surface area contributed by atoms with E-state index in [1.54, 1.807) is 0 Å². The minimum Gasteiger partial charge on any atom is -0.208 e. The van der Waals surface area contributed by atoms with Crippen LogP contribution in [0.3, 0.4) is 0 Å². The Labute approximate surface area is 278 Å². The number of nitrogens with zero attached hydrogens (tertiary/aromatic N) is 3. The first kappa shape index (κ1) is 27.8. The summed E-state index contributed by atoms with van der Waals surface area (Å²) in [6.45, 7) is 0. The Kier molecular flexibility index (Phi) is 6.80. The molecule has 0 aliphatic heterocycles. The zero-order chi connectivity index (χ0) is 31.9. The molecule has 1 heterocycles. The fourth-order valence-electron chi connectivity index (χ4n) is 6.90. The van der Waals surface area contributed by atoms with E-state index in [2.05, 4.69) is 158 Å². The van der Waals surface area contributed by atoms with Crippen molar-refractivity contribution in [1.29, 1.82) is 0 Å². The van der Waals surface area contributed by atoms with Gasteiger partial charge in [0.2, 0.25) is 0 Å². The normalized spacial score (nSPS) is 11.3. The maximum absolute atomic E-state index is 5.23. The quantitative estimate of drug-likeness (QED) is 0.194. The zero-order valence-electron chi connectivity index (χ0n) is 26.1. The predicted molar refractivity (Wildman–Crippen MR) is 200 cm³/mol. The van der Waals surface area contributed by atoms with Crippen LogP contribution in [0.25, 0.3) is 88.7 Å². The lowest BCUT2D eigenvalue weighted by Crippen LogP contribution is -2.01. The van der Waals surface area contributed by atoms with E-state index >= 15 is 0 Å². The van der Waals surface area contributed by atoms with E-state index in [4.69, 9.17) is 15.0 Å². The summed E-state index contributed by atoms with van der Waals surface area (Å²) in [5, 5.41) is 6.98. The van der Waals surface area contributed by atoms with Crippen molar-refractivity contribution in [2.75, 3.05) is 0 Å². The van der Waals surface area contributed by atoms with Gasteiger partial charge in [0, 0.05) is 16.7 Å². The molecule has 1 aromatic heterocycles. The summed E-state index contributed by atoms with van der Waals surface area (Å²) >= 11 is 0. The summed E-state index contributed by atoms with van der Waals surface area (Å²) in [5.41, 5.74) is 7.66. The topological polar surface area (TPSA) is 38.7 Å². The fourth-order valence-corrected chi connectivity index (χ4v) is 6.90. The molecule has 0 aliphatic rings. The fraction of sp³-hybridized carbons (Fsp3) is 0. The Morgan fingerprint density at radius 1 is 0.229 bits per heavy atom. The van der Waals surface area contributed by atoms with E-state index in [1.807, 2.05) is 18.2 Å². The Morgan fingerprint density at radius 3 is 1.31 bits per heavy atom. The van der Waals surface area contributed by atoms with Crippen molar-refractivity contribution in [3.05, 3.63) is 176 Å². The summed E-state index contributed by atoms with van der Waals surface area (Å²) in [4.78, 5) is 15.5. The molecule has 3 heteroatoms. The molecule has 0 aliphatic carbocycles. The van der Waals surface area contributed by atoms with Gasteiger partial charge in [0.05, 0.1) is 0 Å². The summed E-state index contributed by atoms with van der Waals surface area (Å²) in [6.07, 6.45) is 0. The van der Waals surface area contributed by atoms with E-state index in [9.17, 15) is 0 Å². The molecule has 0 saturated heterocycles. The summed E-state index contributed by atoms with van der Waals surface area (Å²) in [7, 11) is 0. The molecule has 9 aromatic rings. The molecule has 0 radical (unpaired) electrons. The lowest BCUT2D eigenvalue weighted by molar-refractivity contribution is 1.08. The first-order valence-electron chi connectivity index (χ1n) is 16.2. The molecule has 0 fully saturated rings. The van der Waals surface area contributed by atoms with Crippen LogP contribution >= 0.6 is 0 Å². The Morgan fingerprint density at radius 2 is 0.625 bits per heavy atom. The summed E-state index contributed by atoms with van der Waals surface area (Å²) < 4.78 is 0. The number of benzene rings is 8. The molecule has 8 aromatic carbocycles. The zero-order valence-corrected chi connectivity index (χ0v) is 26.1. The second-order valence-corrected chi connectivity index (χ2v) is 12.0. The highest BCUT2D eigenvalue weighted by Gasteiger charge is 2.18. The molecule has 0 unspecified atom stereocenters. The van der Waals surface area contributed by atoms with Crippen LogP contribution in [0.4, 0.5) is 0 Å². The van der Waals surface area contributed by atoms with Gasteiger partial charge in [-0.25, -0.2) is 15.0 Å². The third-order valence-electron chi connectivity index (χ3n) is 9.16. The largest absolute Gasteiger partial charge is 0.208 e. The number of fused-ring (bicyclic) bond motifs is 3. The van der Waals surface area contributed by atoms with Gasteiger partial charge in [0.15, 0.2) is 17.5 Å². The molecule has 9 rings (SSSR count). The van der Waals surface area contributed by atoms with Gasteiger partial charge in [-0.2, -0.15) is 0 Å². The molecular weight excluding hydrogens is 583 g/mol. The summed E-state index contributed by atoms with van der Waals surface area (Å²) in [5.74, 6) is 1.95. The molecule has 0 spiro atoms. The van der Waals surface area contributed by atoms with Gasteiger partial charge >= 0.3 is 0 Å². The maximum Gasteiger partial charge on any atom is 0.164 e. The highest BCUT2D eigenvalue weighted by Crippen LogP contribution is 2.39. The van der Waals surface area contributed by atoms with Gasteiger partial charge in [-0.15, -0.1) is 0 Å². The van der Waals surface area contributed by atoms with Crippen LogP contribution < -0.4 is 0 Å². The third kappa shape index (κ3) is 4.81. The number of hydrogen-bond donors (Lipinski definition) is 0. The van der Waals surface area contributed by atoms with Crippen molar-refractivity contribution < 1.29 is 0 Å². The van der Waals surface area contributed by atoms with Crippen molar-refractivity contribution in [1.82, 2.24) is 15.0 Å². The first-order chi connectivity index (χ1) is 23.8. The standard InChI is InChI=1S/C45H29N3/c1-3-14-30(15-4-1)34-28-29-42(39-22-10-9-21-35(34)39)45-47-43(32-17-5-2-6-18-32)46-44(48-45)41-27-13-25-38-37(24-12-26-40(38)41)36-23-11-19-31-16-7-8-20-33(31)36/h1-29H. The minimum atomic E-state index is 0.647. The SMILES string of the molecule is c1ccc(-c2nc(-c3ccc(-c4ccccc4)c4ccccc34)nc(-c3cccc4c(-c5cccc6ccccc56)cccc34)n2)cc1. The molecule has 224 valence electrons. The van der Waals surface area contributed by atoms with Crippen molar-refractivity contribution in [3.63, 3.8) is 0 Å². The predicted octanol–water partition coefficient (Wildman–Crippen LogP) is 11.7. The molecule has 48 heavy (non-hydrogen) atoms. The number of hydrogen-bond acceptors (Lipinski definition) is 3. The average molecular weight is 612 g/mol. The molecule has 3 nitrogen and oxygen atoms in total. The highest BCUT2D eigenvalue weighted by molar-refractivity contribution is 6.09. The Balaban J connectivity index is 1.28. The molecule has 0 amide bonds. The van der Waals surface area contributed by atoms with Gasteiger partial charge in [0.1, 0.15) is 0 Å². The van der Waals surface area contributed by atoms with Gasteiger partial charge < -0.3 is 0 Å². The van der Waals surface area contributed by atoms with E-state index in [0.29, 0.717) is 17.5 Å². The second-order valence-electron chi connectivity index (χ2n) is 12.0. The van der Waals surface area contributed by atoms with E-state index in [1.165, 1.54) is 33.0 Å². The van der Waals surface area contributed by atoms with Crippen LogP contribution in [-0.4, -0.2) is 15.0 Å². The Bertz CT molecular complexity index is 2600. The van der Waals surface area contributed by atoms with Gasteiger partial charge in [-0.1, -0.05) is 170 Å². The molecule has 0 atom stereocenters. The maximum atomic E-state index is 5.23. The van der Waals surface area contributed by atoms with Crippen molar-refractivity contribution >= 4 is 32.3 Å². The molecular formula is C45H29N3.